The van der Waals surface area contributed by atoms with Crippen LogP contribution in [0, 0.1) is 0 Å². The van der Waals surface area contributed by atoms with Crippen molar-refractivity contribution in [1.29, 1.82) is 0 Å². The lowest BCUT2D eigenvalue weighted by Gasteiger charge is -2.19. The second kappa shape index (κ2) is 10.1. The van der Waals surface area contributed by atoms with Crippen LogP contribution in [0.25, 0.3) is 0 Å². The van der Waals surface area contributed by atoms with E-state index in [0.717, 1.165) is 17.0 Å². The Labute approximate surface area is 184 Å². The first-order valence-corrected chi connectivity index (χ1v) is 9.44. The Bertz CT molecular complexity index is 776. The maximum absolute atomic E-state index is 11.8. The summed E-state index contributed by atoms with van der Waals surface area (Å²) in [6.07, 6.45) is 3.83. The number of aliphatic imine (C=N–C) groups is 1. The van der Waals surface area contributed by atoms with Gasteiger partial charge in [-0.3, -0.25) is 9.79 Å². The van der Waals surface area contributed by atoms with Crippen molar-refractivity contribution < 1.29 is 9.21 Å². The molecule has 1 aromatic heterocycles. The minimum absolute atomic E-state index is 0. The summed E-state index contributed by atoms with van der Waals surface area (Å²) in [6.45, 7) is 1.90. The highest BCUT2D eigenvalue weighted by Gasteiger charge is 2.44. The summed E-state index contributed by atoms with van der Waals surface area (Å²) < 4.78 is 6.16. The number of rotatable bonds is 7. The molecule has 3 N–H and O–H groups in total. The maximum atomic E-state index is 11.8. The van der Waals surface area contributed by atoms with Gasteiger partial charge in [-0.15, -0.1) is 24.0 Å². The van der Waals surface area contributed by atoms with E-state index in [1.165, 1.54) is 24.7 Å². The van der Waals surface area contributed by atoms with Gasteiger partial charge >= 0.3 is 0 Å². The van der Waals surface area contributed by atoms with Crippen molar-refractivity contribution >= 4 is 51.8 Å². The SMILES string of the molecule is CN=C(NCCNC(=O)c1ccco1)NCC1(c2cccc(Br)c2)CC1.I. The van der Waals surface area contributed by atoms with Gasteiger partial charge in [-0.25, -0.2) is 0 Å². The number of nitrogens with one attached hydrogen (secondary N) is 3. The van der Waals surface area contributed by atoms with Gasteiger partial charge in [-0.2, -0.15) is 0 Å². The zero-order valence-corrected chi connectivity index (χ0v) is 19.0. The van der Waals surface area contributed by atoms with Crippen LogP contribution >= 0.6 is 39.9 Å². The largest absolute Gasteiger partial charge is 0.459 e. The molecule has 0 spiro atoms. The molecule has 8 heteroatoms. The van der Waals surface area contributed by atoms with Crippen LogP contribution in [0.4, 0.5) is 0 Å². The highest BCUT2D eigenvalue weighted by molar-refractivity contribution is 14.0. The Morgan fingerprint density at radius 3 is 2.59 bits per heavy atom. The van der Waals surface area contributed by atoms with Gasteiger partial charge in [0.1, 0.15) is 0 Å². The van der Waals surface area contributed by atoms with Crippen LogP contribution in [0.15, 0.2) is 56.5 Å². The molecule has 1 aliphatic rings. The van der Waals surface area contributed by atoms with Crippen LogP contribution in [0.3, 0.4) is 0 Å². The van der Waals surface area contributed by atoms with E-state index in [2.05, 4.69) is 55.1 Å². The topological polar surface area (TPSA) is 78.7 Å². The van der Waals surface area contributed by atoms with Crippen LogP contribution in [0.1, 0.15) is 29.0 Å². The van der Waals surface area contributed by atoms with Gasteiger partial charge in [-0.1, -0.05) is 28.1 Å². The number of benzene rings is 1. The molecule has 6 nitrogen and oxygen atoms in total. The lowest BCUT2D eigenvalue weighted by Crippen LogP contribution is -2.44. The third kappa shape index (κ3) is 5.97. The van der Waals surface area contributed by atoms with Crippen LogP contribution < -0.4 is 16.0 Å². The molecule has 0 bridgehead atoms. The van der Waals surface area contributed by atoms with E-state index in [9.17, 15) is 4.79 Å². The Morgan fingerprint density at radius 1 is 1.19 bits per heavy atom. The summed E-state index contributed by atoms with van der Waals surface area (Å²) in [7, 11) is 1.75. The number of carbonyl (C=O) groups excluding carboxylic acids is 1. The third-order valence-electron chi connectivity index (χ3n) is 4.56. The van der Waals surface area contributed by atoms with Crippen molar-refractivity contribution in [2.45, 2.75) is 18.3 Å². The molecule has 27 heavy (non-hydrogen) atoms. The van der Waals surface area contributed by atoms with Crippen LogP contribution in [-0.4, -0.2) is 38.5 Å². The molecule has 0 radical (unpaired) electrons. The molecular formula is C19H24BrIN4O2. The lowest BCUT2D eigenvalue weighted by atomic mass is 9.96. The molecule has 3 rings (SSSR count). The number of carbonyl (C=O) groups is 1. The van der Waals surface area contributed by atoms with E-state index in [1.54, 1.807) is 19.2 Å². The number of guanidine groups is 1. The van der Waals surface area contributed by atoms with Gasteiger partial charge in [0.2, 0.25) is 0 Å². The van der Waals surface area contributed by atoms with Gasteiger partial charge in [0.15, 0.2) is 11.7 Å². The molecule has 1 amide bonds. The standard InChI is InChI=1S/C19H23BrN4O2.HI/c1-21-18(23-10-9-22-17(25)16-6-3-11-26-16)24-13-19(7-8-19)14-4-2-5-15(20)12-14;/h2-6,11-12H,7-10,13H2,1H3,(H,22,25)(H2,21,23,24);1H. The summed E-state index contributed by atoms with van der Waals surface area (Å²) >= 11 is 3.55. The molecule has 0 unspecified atom stereocenters. The second-order valence-corrected chi connectivity index (χ2v) is 7.29. The van der Waals surface area contributed by atoms with E-state index >= 15 is 0 Å². The second-order valence-electron chi connectivity index (χ2n) is 6.38. The lowest BCUT2D eigenvalue weighted by molar-refractivity contribution is 0.0926. The summed E-state index contributed by atoms with van der Waals surface area (Å²) in [5.74, 6) is 0.835. The fourth-order valence-electron chi connectivity index (χ4n) is 2.86. The quantitative estimate of drug-likeness (QED) is 0.215. The van der Waals surface area contributed by atoms with Crippen molar-refractivity contribution in [3.8, 4) is 0 Å². The number of furan rings is 1. The number of nitrogens with zero attached hydrogens (tertiary/aromatic N) is 1. The molecule has 2 aromatic rings. The van der Waals surface area contributed by atoms with E-state index < -0.39 is 0 Å². The zero-order valence-electron chi connectivity index (χ0n) is 15.1. The average molecular weight is 547 g/mol. The van der Waals surface area contributed by atoms with Crippen molar-refractivity contribution in [3.63, 3.8) is 0 Å². The predicted molar refractivity (Wildman–Crippen MR) is 121 cm³/mol. The highest BCUT2D eigenvalue weighted by Crippen LogP contribution is 2.48. The smallest absolute Gasteiger partial charge is 0.287 e. The summed E-state index contributed by atoms with van der Waals surface area (Å²) in [4.78, 5) is 16.0. The Balaban J connectivity index is 0.00000261. The number of hydrogen-bond acceptors (Lipinski definition) is 3. The van der Waals surface area contributed by atoms with E-state index in [4.69, 9.17) is 4.42 Å². The first kappa shape index (κ1) is 21.7. The monoisotopic (exact) mass is 546 g/mol. The molecule has 146 valence electrons. The van der Waals surface area contributed by atoms with Gasteiger partial charge in [0.05, 0.1) is 6.26 Å². The van der Waals surface area contributed by atoms with Gasteiger partial charge in [0, 0.05) is 36.6 Å². The van der Waals surface area contributed by atoms with Crippen LogP contribution in [-0.2, 0) is 5.41 Å². The summed E-state index contributed by atoms with van der Waals surface area (Å²) in [5.41, 5.74) is 1.54. The Kier molecular flexibility index (Phi) is 8.15. The number of amides is 1. The minimum atomic E-state index is -0.216. The normalized spacial score (nSPS) is 14.8. The van der Waals surface area contributed by atoms with Gasteiger partial charge < -0.3 is 20.4 Å². The first-order chi connectivity index (χ1) is 12.6. The fourth-order valence-corrected chi connectivity index (χ4v) is 3.26. The minimum Gasteiger partial charge on any atom is -0.459 e. The molecule has 1 saturated carbocycles. The number of halogens is 2. The van der Waals surface area contributed by atoms with Gasteiger partial charge in [-0.05, 0) is 42.7 Å². The van der Waals surface area contributed by atoms with Crippen molar-refractivity contribution in [2.75, 3.05) is 26.7 Å². The van der Waals surface area contributed by atoms with Crippen LogP contribution in [0.5, 0.6) is 0 Å². The maximum Gasteiger partial charge on any atom is 0.287 e. The molecule has 1 heterocycles. The molecule has 1 fully saturated rings. The third-order valence-corrected chi connectivity index (χ3v) is 5.05. The fraction of sp³-hybridized carbons (Fsp3) is 0.368. The molecule has 0 aliphatic heterocycles. The van der Waals surface area contributed by atoms with E-state index in [1.807, 2.05) is 6.07 Å². The Hall–Kier alpha value is -1.55. The first-order valence-electron chi connectivity index (χ1n) is 8.65. The Morgan fingerprint density at radius 2 is 1.96 bits per heavy atom. The molecular weight excluding hydrogens is 523 g/mol. The van der Waals surface area contributed by atoms with Gasteiger partial charge in [0.25, 0.3) is 5.91 Å². The number of hydrogen-bond donors (Lipinski definition) is 3. The van der Waals surface area contributed by atoms with Crippen molar-refractivity contribution in [3.05, 3.63) is 58.5 Å². The van der Waals surface area contributed by atoms with E-state index in [-0.39, 0.29) is 35.3 Å². The predicted octanol–water partition coefficient (Wildman–Crippen LogP) is 3.29. The van der Waals surface area contributed by atoms with Crippen LogP contribution in [0.2, 0.25) is 0 Å². The molecule has 1 aromatic carbocycles. The molecule has 0 atom stereocenters. The van der Waals surface area contributed by atoms with Crippen molar-refractivity contribution in [2.24, 2.45) is 4.99 Å². The zero-order chi connectivity index (χ0) is 18.4. The highest BCUT2D eigenvalue weighted by atomic mass is 127. The summed E-state index contributed by atoms with van der Waals surface area (Å²) in [6, 6.07) is 11.8. The van der Waals surface area contributed by atoms with E-state index in [0.29, 0.717) is 18.8 Å². The summed E-state index contributed by atoms with van der Waals surface area (Å²) in [5, 5.41) is 9.41. The van der Waals surface area contributed by atoms with Crippen molar-refractivity contribution in [1.82, 2.24) is 16.0 Å². The molecule has 1 aliphatic carbocycles. The molecule has 0 saturated heterocycles. The average Bonchev–Trinajstić information content (AvgIpc) is 3.24.